The van der Waals surface area contributed by atoms with Gasteiger partial charge in [0.2, 0.25) is 5.82 Å². The lowest BCUT2D eigenvalue weighted by atomic mass is 10.1. The molecule has 1 heterocycles. The van der Waals surface area contributed by atoms with Gasteiger partial charge in [-0.1, -0.05) is 12.1 Å². The molecule has 178 valence electrons. The maximum absolute atomic E-state index is 13.9. The lowest BCUT2D eigenvalue weighted by Gasteiger charge is -2.17. The van der Waals surface area contributed by atoms with Gasteiger partial charge in [0.1, 0.15) is 23.0 Å². The SMILES string of the molecule is CS(=O)(=O)/C=C/[C@@H](NC(=O)c1cnc(C(F)(F)F)nc1NCc1c(F)cccc1F)C1CC1. The van der Waals surface area contributed by atoms with Gasteiger partial charge in [-0.25, -0.2) is 27.2 Å². The third-order valence-corrected chi connectivity index (χ3v) is 5.39. The van der Waals surface area contributed by atoms with E-state index in [2.05, 4.69) is 20.6 Å². The van der Waals surface area contributed by atoms with Crippen LogP contribution in [0.25, 0.3) is 0 Å². The quantitative estimate of drug-likeness (QED) is 0.550. The molecule has 1 aromatic carbocycles. The van der Waals surface area contributed by atoms with Crippen LogP contribution in [0.2, 0.25) is 0 Å². The largest absolute Gasteiger partial charge is 0.451 e. The normalized spacial score (nSPS) is 15.5. The van der Waals surface area contributed by atoms with Crippen LogP contribution < -0.4 is 10.6 Å². The smallest absolute Gasteiger partial charge is 0.365 e. The number of alkyl halides is 3. The molecule has 1 aliphatic rings. The Kier molecular flexibility index (Phi) is 7.00. The van der Waals surface area contributed by atoms with E-state index in [9.17, 15) is 35.2 Å². The van der Waals surface area contributed by atoms with Gasteiger partial charge in [-0.05, 0) is 30.9 Å². The molecule has 0 saturated heterocycles. The summed E-state index contributed by atoms with van der Waals surface area (Å²) in [7, 11) is -3.47. The van der Waals surface area contributed by atoms with Crippen molar-refractivity contribution in [1.29, 1.82) is 0 Å². The van der Waals surface area contributed by atoms with Gasteiger partial charge in [-0.15, -0.1) is 0 Å². The molecule has 7 nitrogen and oxygen atoms in total. The highest BCUT2D eigenvalue weighted by Gasteiger charge is 2.36. The molecular formula is C20H19F5N4O3S. The average Bonchev–Trinajstić information content (AvgIpc) is 3.54. The summed E-state index contributed by atoms with van der Waals surface area (Å²) in [6.07, 6.45) is -0.570. The monoisotopic (exact) mass is 490 g/mol. The fourth-order valence-electron chi connectivity index (χ4n) is 2.93. The summed E-state index contributed by atoms with van der Waals surface area (Å²) in [4.78, 5) is 19.3. The van der Waals surface area contributed by atoms with E-state index in [0.717, 1.165) is 42.7 Å². The number of aromatic nitrogens is 2. The van der Waals surface area contributed by atoms with E-state index >= 15 is 0 Å². The zero-order valence-electron chi connectivity index (χ0n) is 17.2. The molecule has 1 saturated carbocycles. The number of carbonyl (C=O) groups excluding carboxylic acids is 1. The number of nitrogens with zero attached hydrogens (tertiary/aromatic N) is 2. The zero-order chi connectivity index (χ0) is 24.4. The lowest BCUT2D eigenvalue weighted by Crippen LogP contribution is -2.36. The summed E-state index contributed by atoms with van der Waals surface area (Å²) in [5, 5.41) is 5.85. The van der Waals surface area contributed by atoms with E-state index in [0.29, 0.717) is 6.20 Å². The average molecular weight is 490 g/mol. The Balaban J connectivity index is 1.89. The van der Waals surface area contributed by atoms with Crippen molar-refractivity contribution >= 4 is 21.6 Å². The van der Waals surface area contributed by atoms with Crippen LogP contribution in [-0.2, 0) is 22.6 Å². The number of anilines is 1. The van der Waals surface area contributed by atoms with Crippen LogP contribution in [-0.4, -0.2) is 36.6 Å². The highest BCUT2D eigenvalue weighted by Crippen LogP contribution is 2.34. The zero-order valence-corrected chi connectivity index (χ0v) is 18.0. The molecule has 33 heavy (non-hydrogen) atoms. The van der Waals surface area contributed by atoms with Crippen molar-refractivity contribution in [3.8, 4) is 0 Å². The fraction of sp³-hybridized carbons (Fsp3) is 0.350. The predicted molar refractivity (Wildman–Crippen MR) is 109 cm³/mol. The first-order valence-corrected chi connectivity index (χ1v) is 11.6. The second-order valence-electron chi connectivity index (χ2n) is 7.50. The number of halogens is 5. The Morgan fingerprint density at radius 2 is 1.88 bits per heavy atom. The van der Waals surface area contributed by atoms with Gasteiger partial charge in [0, 0.05) is 30.0 Å². The molecule has 0 spiro atoms. The number of rotatable bonds is 8. The van der Waals surface area contributed by atoms with Crippen LogP contribution in [0, 0.1) is 17.6 Å². The summed E-state index contributed by atoms with van der Waals surface area (Å²) >= 11 is 0. The van der Waals surface area contributed by atoms with E-state index in [4.69, 9.17) is 0 Å². The highest BCUT2D eigenvalue weighted by atomic mass is 32.2. The summed E-state index contributed by atoms with van der Waals surface area (Å²) in [6.45, 7) is -0.590. The number of hydrogen-bond acceptors (Lipinski definition) is 6. The molecule has 1 aliphatic carbocycles. The molecule has 1 fully saturated rings. The van der Waals surface area contributed by atoms with Crippen molar-refractivity contribution in [2.75, 3.05) is 11.6 Å². The standard InChI is InChI=1S/C20H19F5N4O3S/c1-33(31,32)8-7-16(11-5-6-11)28-18(30)13-10-27-19(20(23,24)25)29-17(13)26-9-12-14(21)3-2-4-15(12)22/h2-4,7-8,10-11,16H,5-6,9H2,1H3,(H,28,30)(H,26,27,29)/b8-7+/t16-/m1/s1. The summed E-state index contributed by atoms with van der Waals surface area (Å²) < 4.78 is 89.9. The molecule has 2 aromatic rings. The topological polar surface area (TPSA) is 101 Å². The van der Waals surface area contributed by atoms with Crippen molar-refractivity contribution < 1.29 is 35.2 Å². The van der Waals surface area contributed by atoms with E-state index < -0.39 is 68.9 Å². The number of benzene rings is 1. The summed E-state index contributed by atoms with van der Waals surface area (Å²) in [5.41, 5.74) is -0.860. The highest BCUT2D eigenvalue weighted by molar-refractivity contribution is 7.93. The third-order valence-electron chi connectivity index (χ3n) is 4.74. The molecule has 1 atom stereocenters. The van der Waals surface area contributed by atoms with Gasteiger partial charge < -0.3 is 10.6 Å². The van der Waals surface area contributed by atoms with Crippen molar-refractivity contribution in [3.05, 3.63) is 64.5 Å². The molecule has 1 aromatic heterocycles. The van der Waals surface area contributed by atoms with Crippen molar-refractivity contribution in [1.82, 2.24) is 15.3 Å². The first kappa shape index (κ1) is 24.6. The molecule has 0 bridgehead atoms. The van der Waals surface area contributed by atoms with Crippen LogP contribution in [0.3, 0.4) is 0 Å². The van der Waals surface area contributed by atoms with Gasteiger partial charge in [0.05, 0.1) is 6.04 Å². The maximum Gasteiger partial charge on any atom is 0.451 e. The van der Waals surface area contributed by atoms with Gasteiger partial charge >= 0.3 is 6.18 Å². The van der Waals surface area contributed by atoms with Gasteiger partial charge in [-0.2, -0.15) is 13.2 Å². The molecule has 13 heteroatoms. The van der Waals surface area contributed by atoms with Gasteiger partial charge in [-0.3, -0.25) is 4.79 Å². The van der Waals surface area contributed by atoms with E-state index in [1.807, 2.05) is 0 Å². The minimum absolute atomic E-state index is 0.0359. The number of nitrogens with one attached hydrogen (secondary N) is 2. The third kappa shape index (κ3) is 6.70. The number of hydrogen-bond donors (Lipinski definition) is 2. The number of carbonyl (C=O) groups is 1. The Hall–Kier alpha value is -3.09. The minimum atomic E-state index is -4.93. The minimum Gasteiger partial charge on any atom is -0.365 e. The predicted octanol–water partition coefficient (Wildman–Crippen LogP) is 3.45. The van der Waals surface area contributed by atoms with Crippen molar-refractivity contribution in [3.63, 3.8) is 0 Å². The van der Waals surface area contributed by atoms with Crippen molar-refractivity contribution in [2.45, 2.75) is 31.6 Å². The lowest BCUT2D eigenvalue weighted by molar-refractivity contribution is -0.144. The van der Waals surface area contributed by atoms with Gasteiger partial charge in [0.15, 0.2) is 9.84 Å². The van der Waals surface area contributed by atoms with Crippen LogP contribution in [0.15, 0.2) is 35.9 Å². The second-order valence-corrected chi connectivity index (χ2v) is 9.43. The van der Waals surface area contributed by atoms with Crippen molar-refractivity contribution in [2.24, 2.45) is 5.92 Å². The second kappa shape index (κ2) is 9.41. The van der Waals surface area contributed by atoms with Crippen LogP contribution in [0.4, 0.5) is 27.8 Å². The van der Waals surface area contributed by atoms with E-state index in [1.54, 1.807) is 0 Å². The molecular weight excluding hydrogens is 471 g/mol. The van der Waals surface area contributed by atoms with Gasteiger partial charge in [0.25, 0.3) is 5.91 Å². The molecule has 0 unspecified atom stereocenters. The Labute approximate surface area is 186 Å². The molecule has 3 rings (SSSR count). The molecule has 2 N–H and O–H groups in total. The first-order chi connectivity index (χ1) is 15.3. The molecule has 0 aliphatic heterocycles. The van der Waals surface area contributed by atoms with E-state index in [-0.39, 0.29) is 5.92 Å². The summed E-state index contributed by atoms with van der Waals surface area (Å²) in [6, 6.07) is 2.39. The Bertz CT molecular complexity index is 1160. The number of amides is 1. The molecule has 1 amide bonds. The summed E-state index contributed by atoms with van der Waals surface area (Å²) in [5.74, 6) is -4.91. The fourth-order valence-corrected chi connectivity index (χ4v) is 3.38. The van der Waals surface area contributed by atoms with E-state index in [1.165, 1.54) is 6.08 Å². The molecule has 0 radical (unpaired) electrons. The maximum atomic E-state index is 13.9. The van der Waals surface area contributed by atoms with Crippen LogP contribution in [0.1, 0.15) is 34.6 Å². The first-order valence-electron chi connectivity index (χ1n) is 9.65. The number of sulfone groups is 1. The van der Waals surface area contributed by atoms with Crippen LogP contribution >= 0.6 is 0 Å². The Morgan fingerprint density at radius 3 is 2.42 bits per heavy atom. The van der Waals surface area contributed by atoms with Crippen LogP contribution in [0.5, 0.6) is 0 Å². The Morgan fingerprint density at radius 1 is 1.24 bits per heavy atom.